The number of aliphatic hydroxyl groups is 1. The summed E-state index contributed by atoms with van der Waals surface area (Å²) in [6, 6.07) is 0. The summed E-state index contributed by atoms with van der Waals surface area (Å²) in [6.07, 6.45) is 5.94. The number of rotatable bonds is 8. The van der Waals surface area contributed by atoms with Gasteiger partial charge in [0.25, 0.3) is 0 Å². The second kappa shape index (κ2) is 6.41. The van der Waals surface area contributed by atoms with E-state index in [-0.39, 0.29) is 6.10 Å². The monoisotopic (exact) mass is 199 g/mol. The Kier molecular flexibility index (Phi) is 5.49. The lowest BCUT2D eigenvalue weighted by atomic mass is 10.2. The molecule has 14 heavy (non-hydrogen) atoms. The van der Waals surface area contributed by atoms with Crippen molar-refractivity contribution in [1.82, 2.24) is 4.90 Å². The maximum atomic E-state index is 9.74. The molecule has 1 aliphatic rings. The van der Waals surface area contributed by atoms with Gasteiger partial charge in [0.2, 0.25) is 0 Å². The third kappa shape index (κ3) is 4.97. The average Bonchev–Trinajstić information content (AvgIpc) is 2.89. The van der Waals surface area contributed by atoms with Crippen molar-refractivity contribution in [2.24, 2.45) is 5.92 Å². The SMILES string of the molecule is CCCC(O)CN(CCC)CC1CC1. The van der Waals surface area contributed by atoms with E-state index in [1.54, 1.807) is 0 Å². The molecule has 1 rings (SSSR count). The second-order valence-corrected chi connectivity index (χ2v) is 4.65. The van der Waals surface area contributed by atoms with Crippen molar-refractivity contribution in [1.29, 1.82) is 0 Å². The van der Waals surface area contributed by atoms with Gasteiger partial charge in [-0.05, 0) is 38.1 Å². The smallest absolute Gasteiger partial charge is 0.0667 e. The molecule has 0 aromatic carbocycles. The van der Waals surface area contributed by atoms with Gasteiger partial charge in [0.05, 0.1) is 6.10 Å². The summed E-state index contributed by atoms with van der Waals surface area (Å²) in [4.78, 5) is 2.44. The Balaban J connectivity index is 2.18. The molecule has 0 aliphatic heterocycles. The molecule has 1 saturated carbocycles. The van der Waals surface area contributed by atoms with Gasteiger partial charge in [-0.3, -0.25) is 0 Å². The lowest BCUT2D eigenvalue weighted by Crippen LogP contribution is -2.34. The molecule has 1 fully saturated rings. The first-order valence-electron chi connectivity index (χ1n) is 6.16. The predicted molar refractivity (Wildman–Crippen MR) is 60.4 cm³/mol. The highest BCUT2D eigenvalue weighted by Crippen LogP contribution is 2.29. The standard InChI is InChI=1S/C12H25NO/c1-3-5-12(14)10-13(8-4-2)9-11-6-7-11/h11-12,14H,3-10H2,1-2H3. The summed E-state index contributed by atoms with van der Waals surface area (Å²) in [5, 5.41) is 9.74. The van der Waals surface area contributed by atoms with Gasteiger partial charge >= 0.3 is 0 Å². The van der Waals surface area contributed by atoms with Crippen molar-refractivity contribution in [3.8, 4) is 0 Å². The molecule has 0 bridgehead atoms. The Bertz CT molecular complexity index is 145. The van der Waals surface area contributed by atoms with E-state index in [0.717, 1.165) is 31.8 Å². The van der Waals surface area contributed by atoms with Crippen LogP contribution in [0.25, 0.3) is 0 Å². The Hall–Kier alpha value is -0.0800. The Labute approximate surface area is 88.3 Å². The van der Waals surface area contributed by atoms with Gasteiger partial charge in [-0.25, -0.2) is 0 Å². The Morgan fingerprint density at radius 2 is 2.00 bits per heavy atom. The highest BCUT2D eigenvalue weighted by Gasteiger charge is 2.24. The summed E-state index contributed by atoms with van der Waals surface area (Å²) in [6.45, 7) is 7.60. The molecule has 0 aromatic heterocycles. The molecule has 2 nitrogen and oxygen atoms in total. The van der Waals surface area contributed by atoms with Gasteiger partial charge < -0.3 is 10.0 Å². The maximum absolute atomic E-state index is 9.74. The van der Waals surface area contributed by atoms with E-state index in [4.69, 9.17) is 0 Å². The van der Waals surface area contributed by atoms with Crippen LogP contribution >= 0.6 is 0 Å². The normalized spacial score (nSPS) is 18.9. The van der Waals surface area contributed by atoms with Gasteiger partial charge in [-0.2, -0.15) is 0 Å². The topological polar surface area (TPSA) is 23.5 Å². The molecule has 84 valence electrons. The lowest BCUT2D eigenvalue weighted by molar-refractivity contribution is 0.102. The van der Waals surface area contributed by atoms with Crippen LogP contribution in [0.15, 0.2) is 0 Å². The Morgan fingerprint density at radius 1 is 1.29 bits per heavy atom. The van der Waals surface area contributed by atoms with Crippen molar-refractivity contribution in [2.45, 2.75) is 52.1 Å². The largest absolute Gasteiger partial charge is 0.392 e. The predicted octanol–water partition coefficient (Wildman–Crippen LogP) is 2.27. The number of nitrogens with zero attached hydrogens (tertiary/aromatic N) is 1. The third-order valence-corrected chi connectivity index (χ3v) is 2.84. The quantitative estimate of drug-likeness (QED) is 0.648. The molecule has 0 spiro atoms. The first kappa shape index (κ1) is 12.0. The van der Waals surface area contributed by atoms with Gasteiger partial charge in [-0.15, -0.1) is 0 Å². The molecule has 0 saturated heterocycles. The molecular formula is C12H25NO. The fraction of sp³-hybridized carbons (Fsp3) is 1.00. The van der Waals surface area contributed by atoms with Gasteiger partial charge in [0, 0.05) is 13.1 Å². The van der Waals surface area contributed by atoms with E-state index >= 15 is 0 Å². The molecule has 1 atom stereocenters. The second-order valence-electron chi connectivity index (χ2n) is 4.65. The summed E-state index contributed by atoms with van der Waals surface area (Å²) >= 11 is 0. The van der Waals surface area contributed by atoms with Gasteiger partial charge in [0.15, 0.2) is 0 Å². The van der Waals surface area contributed by atoms with E-state index < -0.39 is 0 Å². The van der Waals surface area contributed by atoms with Crippen LogP contribution in [0.1, 0.15) is 46.0 Å². The fourth-order valence-corrected chi connectivity index (χ4v) is 1.96. The minimum atomic E-state index is -0.106. The first-order valence-corrected chi connectivity index (χ1v) is 6.16. The Morgan fingerprint density at radius 3 is 2.50 bits per heavy atom. The van der Waals surface area contributed by atoms with E-state index in [1.807, 2.05) is 0 Å². The van der Waals surface area contributed by atoms with E-state index in [9.17, 15) is 5.11 Å². The molecule has 0 heterocycles. The van der Waals surface area contributed by atoms with Crippen LogP contribution in [0.4, 0.5) is 0 Å². The highest BCUT2D eigenvalue weighted by molar-refractivity contribution is 4.78. The lowest BCUT2D eigenvalue weighted by Gasteiger charge is -2.24. The van der Waals surface area contributed by atoms with E-state index in [0.29, 0.717) is 0 Å². The van der Waals surface area contributed by atoms with Crippen LogP contribution in [0.3, 0.4) is 0 Å². The zero-order valence-corrected chi connectivity index (χ0v) is 9.71. The minimum absolute atomic E-state index is 0.106. The van der Waals surface area contributed by atoms with Crippen LogP contribution in [0.2, 0.25) is 0 Å². The first-order chi connectivity index (χ1) is 6.76. The third-order valence-electron chi connectivity index (χ3n) is 2.84. The minimum Gasteiger partial charge on any atom is -0.392 e. The van der Waals surface area contributed by atoms with Gasteiger partial charge in [0.1, 0.15) is 0 Å². The van der Waals surface area contributed by atoms with Crippen LogP contribution in [0.5, 0.6) is 0 Å². The zero-order valence-electron chi connectivity index (χ0n) is 9.71. The maximum Gasteiger partial charge on any atom is 0.0667 e. The molecule has 1 N–H and O–H groups in total. The highest BCUT2D eigenvalue weighted by atomic mass is 16.3. The molecule has 1 aliphatic carbocycles. The number of aliphatic hydroxyl groups excluding tert-OH is 1. The summed E-state index contributed by atoms with van der Waals surface area (Å²) in [7, 11) is 0. The number of hydrogen-bond donors (Lipinski definition) is 1. The van der Waals surface area contributed by atoms with Gasteiger partial charge in [-0.1, -0.05) is 20.3 Å². The average molecular weight is 199 g/mol. The molecule has 0 aromatic rings. The molecule has 2 heteroatoms. The van der Waals surface area contributed by atoms with Crippen molar-refractivity contribution >= 4 is 0 Å². The summed E-state index contributed by atoms with van der Waals surface area (Å²) < 4.78 is 0. The van der Waals surface area contributed by atoms with E-state index in [2.05, 4.69) is 18.7 Å². The van der Waals surface area contributed by atoms with Crippen molar-refractivity contribution in [2.75, 3.05) is 19.6 Å². The molecular weight excluding hydrogens is 174 g/mol. The van der Waals surface area contributed by atoms with Crippen LogP contribution < -0.4 is 0 Å². The molecule has 0 radical (unpaired) electrons. The van der Waals surface area contributed by atoms with Crippen LogP contribution in [-0.2, 0) is 0 Å². The van der Waals surface area contributed by atoms with Crippen molar-refractivity contribution in [3.63, 3.8) is 0 Å². The van der Waals surface area contributed by atoms with Crippen molar-refractivity contribution in [3.05, 3.63) is 0 Å². The van der Waals surface area contributed by atoms with E-state index in [1.165, 1.54) is 25.8 Å². The van der Waals surface area contributed by atoms with Crippen molar-refractivity contribution < 1.29 is 5.11 Å². The number of hydrogen-bond acceptors (Lipinski definition) is 2. The summed E-state index contributed by atoms with van der Waals surface area (Å²) in [5.41, 5.74) is 0. The van der Waals surface area contributed by atoms with Crippen LogP contribution in [0, 0.1) is 5.92 Å². The fourth-order valence-electron chi connectivity index (χ4n) is 1.96. The summed E-state index contributed by atoms with van der Waals surface area (Å²) in [5.74, 6) is 0.940. The molecule has 0 amide bonds. The molecule has 1 unspecified atom stereocenters. The zero-order chi connectivity index (χ0) is 10.4. The van der Waals surface area contributed by atoms with Crippen LogP contribution in [-0.4, -0.2) is 35.7 Å².